The Morgan fingerprint density at radius 1 is 1.50 bits per heavy atom. The molecular weight excluding hydrogens is 250 g/mol. The molecule has 0 saturated carbocycles. The van der Waals surface area contributed by atoms with E-state index in [1.807, 2.05) is 18.7 Å². The lowest BCUT2D eigenvalue weighted by Crippen LogP contribution is -2.36. The minimum absolute atomic E-state index is 0.0143. The van der Waals surface area contributed by atoms with Crippen LogP contribution >= 0.6 is 0 Å². The molecule has 1 aromatic heterocycles. The lowest BCUT2D eigenvalue weighted by Gasteiger charge is -2.24. The highest BCUT2D eigenvalue weighted by molar-refractivity contribution is 5.93. The molecule has 0 fully saturated rings. The third-order valence-corrected chi connectivity index (χ3v) is 3.58. The summed E-state index contributed by atoms with van der Waals surface area (Å²) in [6, 6.07) is 1.93. The van der Waals surface area contributed by atoms with Crippen LogP contribution in [0.2, 0.25) is 0 Å². The average Bonchev–Trinajstić information content (AvgIpc) is 2.92. The van der Waals surface area contributed by atoms with E-state index in [-0.39, 0.29) is 17.9 Å². The molecule has 4 nitrogen and oxygen atoms in total. The topological polar surface area (TPSA) is 46.1 Å². The highest BCUT2D eigenvalue weighted by Gasteiger charge is 2.26. The van der Waals surface area contributed by atoms with Crippen LogP contribution in [0.25, 0.3) is 0 Å². The summed E-state index contributed by atoms with van der Waals surface area (Å²) in [6.07, 6.45) is 9.21. The zero-order valence-electron chi connectivity index (χ0n) is 12.5. The van der Waals surface area contributed by atoms with E-state index in [2.05, 4.69) is 29.0 Å². The fourth-order valence-electron chi connectivity index (χ4n) is 2.39. The van der Waals surface area contributed by atoms with Crippen LogP contribution in [0.4, 0.5) is 0 Å². The summed E-state index contributed by atoms with van der Waals surface area (Å²) in [5, 5.41) is 0. The van der Waals surface area contributed by atoms with Gasteiger partial charge in [0.1, 0.15) is 11.5 Å². The summed E-state index contributed by atoms with van der Waals surface area (Å²) in [5.41, 5.74) is 0.508. The van der Waals surface area contributed by atoms with Gasteiger partial charge in [-0.15, -0.1) is 0 Å². The second-order valence-corrected chi connectivity index (χ2v) is 5.55. The van der Waals surface area contributed by atoms with Crippen LogP contribution in [0.3, 0.4) is 0 Å². The maximum atomic E-state index is 12.6. The van der Waals surface area contributed by atoms with E-state index < -0.39 is 0 Å². The van der Waals surface area contributed by atoms with Crippen molar-refractivity contribution >= 4 is 5.91 Å². The number of hydrogen-bond donors (Lipinski definition) is 0. The predicted octanol–water partition coefficient (Wildman–Crippen LogP) is 3.17. The largest absolute Gasteiger partial charge is 0.327 e. The van der Waals surface area contributed by atoms with E-state index >= 15 is 0 Å². The lowest BCUT2D eigenvalue weighted by atomic mass is 10.1. The van der Waals surface area contributed by atoms with E-state index in [4.69, 9.17) is 0 Å². The van der Waals surface area contributed by atoms with Gasteiger partial charge in [0, 0.05) is 18.7 Å². The van der Waals surface area contributed by atoms with E-state index in [1.165, 1.54) is 0 Å². The minimum atomic E-state index is 0.0143. The summed E-state index contributed by atoms with van der Waals surface area (Å²) in [6.45, 7) is 6.93. The van der Waals surface area contributed by atoms with Gasteiger partial charge >= 0.3 is 0 Å². The number of amides is 1. The Morgan fingerprint density at radius 3 is 3.00 bits per heavy atom. The smallest absolute Gasteiger partial charge is 0.273 e. The van der Waals surface area contributed by atoms with Gasteiger partial charge in [0.05, 0.1) is 6.04 Å². The average molecular weight is 273 g/mol. The van der Waals surface area contributed by atoms with Gasteiger partial charge in [-0.3, -0.25) is 4.79 Å². The molecule has 0 unspecified atom stereocenters. The molecule has 2 rings (SSSR count). The standard InChI is InChI=1S/C16H23N3O/c1-4-5-7-13-8-6-11-19(13)16(20)14-9-10-17-15(18-14)12(2)3/h6,8-10,12-13H,4-5,7,11H2,1-3H3/t13-/m0/s1. The third-order valence-electron chi connectivity index (χ3n) is 3.58. The molecule has 4 heteroatoms. The molecule has 1 aliphatic heterocycles. The Balaban J connectivity index is 2.12. The van der Waals surface area contributed by atoms with Crippen LogP contribution in [-0.4, -0.2) is 33.4 Å². The first-order chi connectivity index (χ1) is 9.63. The van der Waals surface area contributed by atoms with Crippen molar-refractivity contribution in [3.05, 3.63) is 35.9 Å². The Morgan fingerprint density at radius 2 is 2.30 bits per heavy atom. The third kappa shape index (κ3) is 3.24. The van der Waals surface area contributed by atoms with Crippen LogP contribution in [-0.2, 0) is 0 Å². The maximum absolute atomic E-state index is 12.6. The molecule has 20 heavy (non-hydrogen) atoms. The number of unbranched alkanes of at least 4 members (excludes halogenated alkanes) is 1. The number of rotatable bonds is 5. The van der Waals surface area contributed by atoms with Crippen LogP contribution in [0.15, 0.2) is 24.4 Å². The van der Waals surface area contributed by atoms with E-state index in [0.717, 1.165) is 25.1 Å². The molecule has 1 amide bonds. The van der Waals surface area contributed by atoms with Crippen LogP contribution in [0.5, 0.6) is 0 Å². The zero-order chi connectivity index (χ0) is 14.5. The van der Waals surface area contributed by atoms with Gasteiger partial charge in [0.15, 0.2) is 0 Å². The summed E-state index contributed by atoms with van der Waals surface area (Å²) >= 11 is 0. The first kappa shape index (κ1) is 14.7. The SMILES string of the molecule is CCCC[C@H]1C=CCN1C(=O)c1ccnc(C(C)C)n1. The predicted molar refractivity (Wildman–Crippen MR) is 79.6 cm³/mol. The fourth-order valence-corrected chi connectivity index (χ4v) is 2.39. The molecule has 0 bridgehead atoms. The van der Waals surface area contributed by atoms with Crippen molar-refractivity contribution in [2.45, 2.75) is 52.0 Å². The van der Waals surface area contributed by atoms with Crippen LogP contribution in [0, 0.1) is 0 Å². The molecule has 0 aliphatic carbocycles. The van der Waals surface area contributed by atoms with Crippen molar-refractivity contribution in [1.82, 2.24) is 14.9 Å². The van der Waals surface area contributed by atoms with Gasteiger partial charge in [-0.2, -0.15) is 0 Å². The molecular formula is C16H23N3O. The number of carbonyl (C=O) groups is 1. The molecule has 108 valence electrons. The first-order valence-corrected chi connectivity index (χ1v) is 7.44. The molecule has 1 atom stereocenters. The molecule has 0 spiro atoms. The fraction of sp³-hybridized carbons (Fsp3) is 0.562. The summed E-state index contributed by atoms with van der Waals surface area (Å²) < 4.78 is 0. The second kappa shape index (κ2) is 6.64. The molecule has 0 radical (unpaired) electrons. The monoisotopic (exact) mass is 273 g/mol. The van der Waals surface area contributed by atoms with Crippen LogP contribution < -0.4 is 0 Å². The number of aromatic nitrogens is 2. The van der Waals surface area contributed by atoms with Gasteiger partial charge < -0.3 is 4.90 Å². The quantitative estimate of drug-likeness (QED) is 0.774. The van der Waals surface area contributed by atoms with Gasteiger partial charge in [-0.25, -0.2) is 9.97 Å². The summed E-state index contributed by atoms with van der Waals surface area (Å²) in [5.74, 6) is 0.976. The van der Waals surface area contributed by atoms with Gasteiger partial charge in [-0.1, -0.05) is 45.8 Å². The highest BCUT2D eigenvalue weighted by Crippen LogP contribution is 2.19. The zero-order valence-corrected chi connectivity index (χ0v) is 12.5. The number of hydrogen-bond acceptors (Lipinski definition) is 3. The minimum Gasteiger partial charge on any atom is -0.327 e. The maximum Gasteiger partial charge on any atom is 0.273 e. The Bertz CT molecular complexity index is 496. The Labute approximate surface area is 120 Å². The second-order valence-electron chi connectivity index (χ2n) is 5.55. The number of carbonyl (C=O) groups excluding carboxylic acids is 1. The van der Waals surface area contributed by atoms with E-state index in [9.17, 15) is 4.79 Å². The van der Waals surface area contributed by atoms with Gasteiger partial charge in [0.25, 0.3) is 5.91 Å². The highest BCUT2D eigenvalue weighted by atomic mass is 16.2. The Kier molecular flexibility index (Phi) is 4.88. The van der Waals surface area contributed by atoms with Gasteiger partial charge in [0.2, 0.25) is 0 Å². The van der Waals surface area contributed by atoms with Crippen molar-refractivity contribution in [2.24, 2.45) is 0 Å². The normalized spacial score (nSPS) is 18.0. The molecule has 0 N–H and O–H groups in total. The van der Waals surface area contributed by atoms with E-state index in [0.29, 0.717) is 12.2 Å². The molecule has 2 heterocycles. The molecule has 0 aromatic carbocycles. The number of nitrogens with zero attached hydrogens (tertiary/aromatic N) is 3. The summed E-state index contributed by atoms with van der Waals surface area (Å²) in [4.78, 5) is 23.1. The first-order valence-electron chi connectivity index (χ1n) is 7.44. The Hall–Kier alpha value is -1.71. The van der Waals surface area contributed by atoms with Crippen molar-refractivity contribution in [3.8, 4) is 0 Å². The van der Waals surface area contributed by atoms with Crippen molar-refractivity contribution in [1.29, 1.82) is 0 Å². The van der Waals surface area contributed by atoms with Crippen LogP contribution in [0.1, 0.15) is 62.3 Å². The lowest BCUT2D eigenvalue weighted by molar-refractivity contribution is 0.0737. The van der Waals surface area contributed by atoms with E-state index in [1.54, 1.807) is 12.3 Å². The summed E-state index contributed by atoms with van der Waals surface area (Å²) in [7, 11) is 0. The molecule has 0 saturated heterocycles. The van der Waals surface area contributed by atoms with Crippen molar-refractivity contribution < 1.29 is 4.79 Å². The van der Waals surface area contributed by atoms with Crippen molar-refractivity contribution in [3.63, 3.8) is 0 Å². The van der Waals surface area contributed by atoms with Gasteiger partial charge in [-0.05, 0) is 12.5 Å². The molecule has 1 aromatic rings. The molecule has 1 aliphatic rings. The van der Waals surface area contributed by atoms with Crippen molar-refractivity contribution in [2.75, 3.05) is 6.54 Å².